The number of aromatic amines is 1. The van der Waals surface area contributed by atoms with Gasteiger partial charge in [-0.1, -0.05) is 0 Å². The minimum absolute atomic E-state index is 0.0135. The number of pyridine rings is 1. The lowest BCUT2D eigenvalue weighted by Gasteiger charge is -2.37. The van der Waals surface area contributed by atoms with Gasteiger partial charge in [0.05, 0.1) is 12.6 Å². The van der Waals surface area contributed by atoms with Crippen LogP contribution in [0.3, 0.4) is 0 Å². The Hall–Kier alpha value is -1.85. The first-order valence-electron chi connectivity index (χ1n) is 8.39. The first-order valence-corrected chi connectivity index (χ1v) is 8.39. The first-order chi connectivity index (χ1) is 11.2. The van der Waals surface area contributed by atoms with Crippen molar-refractivity contribution in [3.05, 3.63) is 40.2 Å². The van der Waals surface area contributed by atoms with E-state index in [1.807, 2.05) is 24.3 Å². The Kier molecular flexibility index (Phi) is 3.83. The molecule has 2 aliphatic rings. The van der Waals surface area contributed by atoms with Crippen molar-refractivity contribution in [1.82, 2.24) is 14.8 Å². The number of aromatic nitrogens is 1. The SMILES string of the molecule is COc1ccc2cc(CN3CCN4CCC[C@@H]4C3)c(=O)[nH]c2c1. The molecule has 1 N–H and O–H groups in total. The van der Waals surface area contributed by atoms with Gasteiger partial charge in [-0.25, -0.2) is 0 Å². The maximum absolute atomic E-state index is 12.4. The van der Waals surface area contributed by atoms with Crippen molar-refractivity contribution >= 4 is 10.9 Å². The summed E-state index contributed by atoms with van der Waals surface area (Å²) in [6.07, 6.45) is 2.61. The minimum atomic E-state index is 0.0135. The van der Waals surface area contributed by atoms with E-state index in [0.29, 0.717) is 6.04 Å². The highest BCUT2D eigenvalue weighted by molar-refractivity contribution is 5.80. The van der Waals surface area contributed by atoms with Crippen LogP contribution in [0.15, 0.2) is 29.1 Å². The minimum Gasteiger partial charge on any atom is -0.497 e. The van der Waals surface area contributed by atoms with Gasteiger partial charge in [0.15, 0.2) is 0 Å². The molecular formula is C18H23N3O2. The summed E-state index contributed by atoms with van der Waals surface area (Å²) in [5, 5.41) is 1.06. The lowest BCUT2D eigenvalue weighted by atomic mass is 10.1. The van der Waals surface area contributed by atoms with Crippen LogP contribution in [0.5, 0.6) is 5.75 Å². The van der Waals surface area contributed by atoms with Gasteiger partial charge in [0.2, 0.25) is 0 Å². The molecule has 0 amide bonds. The molecule has 1 aromatic carbocycles. The van der Waals surface area contributed by atoms with Crippen LogP contribution in [0.2, 0.25) is 0 Å². The van der Waals surface area contributed by atoms with E-state index in [1.165, 1.54) is 19.4 Å². The maximum atomic E-state index is 12.4. The van der Waals surface area contributed by atoms with Gasteiger partial charge in [-0.3, -0.25) is 14.6 Å². The summed E-state index contributed by atoms with van der Waals surface area (Å²) in [5.41, 5.74) is 1.70. The van der Waals surface area contributed by atoms with Gasteiger partial charge in [0.1, 0.15) is 5.75 Å². The maximum Gasteiger partial charge on any atom is 0.252 e. The first kappa shape index (κ1) is 14.7. The third-order valence-electron chi connectivity index (χ3n) is 5.20. The van der Waals surface area contributed by atoms with Gasteiger partial charge in [0, 0.05) is 43.9 Å². The largest absolute Gasteiger partial charge is 0.497 e. The quantitative estimate of drug-likeness (QED) is 0.939. The van der Waals surface area contributed by atoms with E-state index >= 15 is 0 Å². The van der Waals surface area contributed by atoms with Crippen LogP contribution in [0.25, 0.3) is 10.9 Å². The Bertz CT molecular complexity index is 770. The van der Waals surface area contributed by atoms with Gasteiger partial charge in [-0.2, -0.15) is 0 Å². The van der Waals surface area contributed by atoms with Crippen LogP contribution in [-0.2, 0) is 6.54 Å². The second-order valence-corrected chi connectivity index (χ2v) is 6.64. The van der Waals surface area contributed by atoms with Crippen LogP contribution in [0, 0.1) is 0 Å². The number of hydrogen-bond donors (Lipinski definition) is 1. The van der Waals surface area contributed by atoms with Gasteiger partial charge in [0.25, 0.3) is 5.56 Å². The zero-order valence-corrected chi connectivity index (χ0v) is 13.5. The molecule has 122 valence electrons. The summed E-state index contributed by atoms with van der Waals surface area (Å²) in [7, 11) is 1.64. The van der Waals surface area contributed by atoms with E-state index in [2.05, 4.69) is 14.8 Å². The van der Waals surface area contributed by atoms with Crippen molar-refractivity contribution < 1.29 is 4.74 Å². The Labute approximate surface area is 135 Å². The predicted molar refractivity (Wildman–Crippen MR) is 91.0 cm³/mol. The summed E-state index contributed by atoms with van der Waals surface area (Å²) in [5.74, 6) is 0.762. The van der Waals surface area contributed by atoms with Gasteiger partial charge >= 0.3 is 0 Å². The highest BCUT2D eigenvalue weighted by Crippen LogP contribution is 2.23. The second-order valence-electron chi connectivity index (χ2n) is 6.64. The average Bonchev–Trinajstić information content (AvgIpc) is 3.03. The Morgan fingerprint density at radius 1 is 1.26 bits per heavy atom. The molecule has 0 spiro atoms. The summed E-state index contributed by atoms with van der Waals surface area (Å²) in [4.78, 5) is 20.4. The third kappa shape index (κ3) is 2.86. The number of hydrogen-bond acceptors (Lipinski definition) is 4. The van der Waals surface area contributed by atoms with Crippen molar-refractivity contribution in [2.24, 2.45) is 0 Å². The molecule has 2 saturated heterocycles. The molecule has 4 rings (SSSR count). The van der Waals surface area contributed by atoms with E-state index < -0.39 is 0 Å². The van der Waals surface area contributed by atoms with E-state index in [-0.39, 0.29) is 5.56 Å². The molecule has 3 heterocycles. The number of H-pyrrole nitrogens is 1. The van der Waals surface area contributed by atoms with Crippen molar-refractivity contribution in [2.45, 2.75) is 25.4 Å². The topological polar surface area (TPSA) is 48.6 Å². The van der Waals surface area contributed by atoms with Gasteiger partial charge < -0.3 is 9.72 Å². The zero-order chi connectivity index (χ0) is 15.8. The van der Waals surface area contributed by atoms with Crippen molar-refractivity contribution in [2.75, 3.05) is 33.3 Å². The Morgan fingerprint density at radius 2 is 2.17 bits per heavy atom. The summed E-state index contributed by atoms with van der Waals surface area (Å²) in [6, 6.07) is 8.52. The normalized spacial score (nSPS) is 22.4. The summed E-state index contributed by atoms with van der Waals surface area (Å²) >= 11 is 0. The molecule has 0 aliphatic carbocycles. The Balaban J connectivity index is 1.56. The standard InChI is InChI=1S/C18H23N3O2/c1-23-16-5-4-13-9-14(18(22)19-17(13)10-16)11-20-7-8-21-6-2-3-15(21)12-20/h4-5,9-10,15H,2-3,6-8,11-12H2,1H3,(H,19,22)/t15-/m1/s1. The molecular weight excluding hydrogens is 290 g/mol. The fourth-order valence-corrected chi connectivity index (χ4v) is 3.91. The molecule has 5 heteroatoms. The van der Waals surface area contributed by atoms with E-state index in [1.54, 1.807) is 7.11 Å². The van der Waals surface area contributed by atoms with E-state index in [4.69, 9.17) is 4.74 Å². The van der Waals surface area contributed by atoms with Crippen LogP contribution in [0.4, 0.5) is 0 Å². The number of nitrogens with zero attached hydrogens (tertiary/aromatic N) is 2. The number of methoxy groups -OCH3 is 1. The molecule has 23 heavy (non-hydrogen) atoms. The molecule has 1 aromatic heterocycles. The number of benzene rings is 1. The number of nitrogens with one attached hydrogen (secondary N) is 1. The lowest BCUT2D eigenvalue weighted by Crippen LogP contribution is -2.49. The molecule has 2 fully saturated rings. The molecule has 0 bridgehead atoms. The fourth-order valence-electron chi connectivity index (χ4n) is 3.91. The molecule has 0 radical (unpaired) electrons. The van der Waals surface area contributed by atoms with Gasteiger partial charge in [-0.05, 0) is 43.0 Å². The number of ether oxygens (including phenoxy) is 1. The number of piperazine rings is 1. The zero-order valence-electron chi connectivity index (χ0n) is 13.5. The monoisotopic (exact) mass is 313 g/mol. The van der Waals surface area contributed by atoms with Crippen LogP contribution >= 0.6 is 0 Å². The summed E-state index contributed by atoms with van der Waals surface area (Å²) < 4.78 is 5.22. The molecule has 1 atom stereocenters. The molecule has 0 unspecified atom stereocenters. The number of fused-ring (bicyclic) bond motifs is 2. The van der Waals surface area contributed by atoms with E-state index in [0.717, 1.165) is 48.4 Å². The van der Waals surface area contributed by atoms with Crippen LogP contribution in [-0.4, -0.2) is 54.1 Å². The second kappa shape index (κ2) is 5.98. The predicted octanol–water partition coefficient (Wildman–Crippen LogP) is 1.82. The average molecular weight is 313 g/mol. The molecule has 5 nitrogen and oxygen atoms in total. The highest BCUT2D eigenvalue weighted by atomic mass is 16.5. The highest BCUT2D eigenvalue weighted by Gasteiger charge is 2.30. The van der Waals surface area contributed by atoms with Gasteiger partial charge in [-0.15, -0.1) is 0 Å². The van der Waals surface area contributed by atoms with Crippen molar-refractivity contribution in [3.8, 4) is 5.75 Å². The molecule has 2 aliphatic heterocycles. The van der Waals surface area contributed by atoms with Crippen LogP contribution in [0.1, 0.15) is 18.4 Å². The van der Waals surface area contributed by atoms with Crippen molar-refractivity contribution in [1.29, 1.82) is 0 Å². The Morgan fingerprint density at radius 3 is 3.04 bits per heavy atom. The lowest BCUT2D eigenvalue weighted by molar-refractivity contribution is 0.0991. The van der Waals surface area contributed by atoms with Crippen LogP contribution < -0.4 is 10.3 Å². The smallest absolute Gasteiger partial charge is 0.252 e. The molecule has 2 aromatic rings. The molecule has 0 saturated carbocycles. The third-order valence-corrected chi connectivity index (χ3v) is 5.20. The number of rotatable bonds is 3. The van der Waals surface area contributed by atoms with Crippen molar-refractivity contribution in [3.63, 3.8) is 0 Å². The van der Waals surface area contributed by atoms with E-state index in [9.17, 15) is 4.79 Å². The fraction of sp³-hybridized carbons (Fsp3) is 0.500. The summed E-state index contributed by atoms with van der Waals surface area (Å²) in [6.45, 7) is 5.25.